The van der Waals surface area contributed by atoms with Gasteiger partial charge in [-0.05, 0) is 31.0 Å². The van der Waals surface area contributed by atoms with Gasteiger partial charge in [-0.15, -0.1) is 0 Å². The van der Waals surface area contributed by atoms with Gasteiger partial charge in [-0.25, -0.2) is 4.79 Å². The predicted octanol–water partition coefficient (Wildman–Crippen LogP) is 2.11. The fourth-order valence-electron chi connectivity index (χ4n) is 4.00. The Morgan fingerprint density at radius 2 is 2.15 bits per heavy atom. The second kappa shape index (κ2) is 6.28. The molecule has 1 aromatic carbocycles. The van der Waals surface area contributed by atoms with Crippen molar-refractivity contribution >= 4 is 16.9 Å². The summed E-state index contributed by atoms with van der Waals surface area (Å²) < 4.78 is 2.26. The highest BCUT2D eigenvalue weighted by Crippen LogP contribution is 2.33. The minimum Gasteiger partial charge on any atom is -0.506 e. The van der Waals surface area contributed by atoms with Crippen LogP contribution in [-0.4, -0.2) is 38.8 Å². The standard InChI is InChI=1S/C20H21N3O4/c1-3-14-17(22-19(25)16(18(14)24)20(26)27)11-5-4-10-6-13-8-12(21-2)9-23(13)15(10)7-11/h4-7,12,21H,3,8-9H2,1-2H3,(H,26,27)(H2,22,24,25). The molecule has 1 aliphatic heterocycles. The van der Waals surface area contributed by atoms with Gasteiger partial charge in [0.1, 0.15) is 5.75 Å². The molecule has 2 aromatic heterocycles. The Hall–Kier alpha value is -3.06. The van der Waals surface area contributed by atoms with Crippen molar-refractivity contribution in [2.45, 2.75) is 32.4 Å². The number of likely N-dealkylation sites (N-methyl/N-ethyl adjacent to an activating group) is 1. The van der Waals surface area contributed by atoms with Crippen LogP contribution in [0, 0.1) is 0 Å². The number of aromatic hydroxyl groups is 1. The number of fused-ring (bicyclic) bond motifs is 3. The molecule has 0 saturated heterocycles. The van der Waals surface area contributed by atoms with Crippen LogP contribution < -0.4 is 10.9 Å². The van der Waals surface area contributed by atoms with Crippen LogP contribution in [-0.2, 0) is 19.4 Å². The summed E-state index contributed by atoms with van der Waals surface area (Å²) in [4.78, 5) is 26.2. The molecule has 0 radical (unpaired) electrons. The quantitative estimate of drug-likeness (QED) is 0.565. The van der Waals surface area contributed by atoms with Gasteiger partial charge < -0.3 is 25.1 Å². The maximum absolute atomic E-state index is 12.2. The van der Waals surface area contributed by atoms with Crippen LogP contribution in [0.4, 0.5) is 0 Å². The molecule has 0 fully saturated rings. The van der Waals surface area contributed by atoms with E-state index < -0.39 is 22.8 Å². The molecule has 7 heteroatoms. The SMILES string of the molecule is CCc1c(-c2ccc3cc4n(c3c2)CC(NC)C4)[nH]c(=O)c(C(=O)O)c1O. The van der Waals surface area contributed by atoms with E-state index in [1.807, 2.05) is 32.2 Å². The average Bonchev–Trinajstić information content (AvgIpc) is 3.17. The minimum absolute atomic E-state index is 0.393. The lowest BCUT2D eigenvalue weighted by Gasteiger charge is -2.13. The number of nitrogens with one attached hydrogen (secondary N) is 2. The number of aromatic carboxylic acids is 1. The summed E-state index contributed by atoms with van der Waals surface area (Å²) in [6.07, 6.45) is 1.36. The third-order valence-corrected chi connectivity index (χ3v) is 5.40. The first kappa shape index (κ1) is 17.4. The molecule has 0 amide bonds. The number of pyridine rings is 1. The average molecular weight is 367 g/mol. The van der Waals surface area contributed by atoms with Gasteiger partial charge >= 0.3 is 5.97 Å². The van der Waals surface area contributed by atoms with Crippen LogP contribution >= 0.6 is 0 Å². The fourth-order valence-corrected chi connectivity index (χ4v) is 4.00. The van der Waals surface area contributed by atoms with Crippen molar-refractivity contribution in [1.82, 2.24) is 14.9 Å². The summed E-state index contributed by atoms with van der Waals surface area (Å²) in [7, 11) is 1.95. The lowest BCUT2D eigenvalue weighted by atomic mass is 9.99. The first-order chi connectivity index (χ1) is 12.9. The Morgan fingerprint density at radius 3 is 2.81 bits per heavy atom. The second-order valence-corrected chi connectivity index (χ2v) is 6.90. The van der Waals surface area contributed by atoms with Crippen molar-refractivity contribution in [2.75, 3.05) is 7.05 Å². The Bertz CT molecular complexity index is 1130. The molecule has 3 heterocycles. The third-order valence-electron chi connectivity index (χ3n) is 5.40. The van der Waals surface area contributed by atoms with Crippen molar-refractivity contribution in [3.63, 3.8) is 0 Å². The van der Waals surface area contributed by atoms with E-state index in [1.165, 1.54) is 5.69 Å². The maximum atomic E-state index is 12.2. The van der Waals surface area contributed by atoms with Gasteiger partial charge in [0.25, 0.3) is 5.56 Å². The van der Waals surface area contributed by atoms with E-state index >= 15 is 0 Å². The third kappa shape index (κ3) is 2.62. The van der Waals surface area contributed by atoms with Gasteiger partial charge in [-0.2, -0.15) is 0 Å². The van der Waals surface area contributed by atoms with Crippen LogP contribution in [0.3, 0.4) is 0 Å². The fraction of sp³-hybridized carbons (Fsp3) is 0.300. The Balaban J connectivity index is 1.91. The molecular formula is C20H21N3O4. The summed E-state index contributed by atoms with van der Waals surface area (Å²) in [5, 5.41) is 24.0. The smallest absolute Gasteiger partial charge is 0.345 e. The summed E-state index contributed by atoms with van der Waals surface area (Å²) >= 11 is 0. The zero-order valence-corrected chi connectivity index (χ0v) is 15.2. The molecule has 4 N–H and O–H groups in total. The number of carboxylic acid groups (broad SMARTS) is 1. The predicted molar refractivity (Wildman–Crippen MR) is 103 cm³/mol. The summed E-state index contributed by atoms with van der Waals surface area (Å²) in [6.45, 7) is 2.69. The molecule has 0 spiro atoms. The monoisotopic (exact) mass is 367 g/mol. The molecule has 0 bridgehead atoms. The molecule has 27 heavy (non-hydrogen) atoms. The number of carboxylic acids is 1. The highest BCUT2D eigenvalue weighted by atomic mass is 16.4. The van der Waals surface area contributed by atoms with Crippen LogP contribution in [0.25, 0.3) is 22.2 Å². The number of benzene rings is 1. The molecule has 0 aliphatic carbocycles. The maximum Gasteiger partial charge on any atom is 0.345 e. The van der Waals surface area contributed by atoms with E-state index in [0.29, 0.717) is 23.7 Å². The topological polar surface area (TPSA) is 107 Å². The first-order valence-corrected chi connectivity index (χ1v) is 8.95. The molecule has 0 saturated carbocycles. The van der Waals surface area contributed by atoms with Gasteiger partial charge in [-0.3, -0.25) is 4.79 Å². The summed E-state index contributed by atoms with van der Waals surface area (Å²) in [5.41, 5.74) is 2.54. The Kier molecular flexibility index (Phi) is 4.04. The first-order valence-electron chi connectivity index (χ1n) is 8.95. The number of hydrogen-bond acceptors (Lipinski definition) is 4. The van der Waals surface area contributed by atoms with Crippen LogP contribution in [0.1, 0.15) is 28.5 Å². The molecule has 1 unspecified atom stereocenters. The van der Waals surface area contributed by atoms with Gasteiger partial charge in [0.15, 0.2) is 5.56 Å². The second-order valence-electron chi connectivity index (χ2n) is 6.90. The zero-order chi connectivity index (χ0) is 19.3. The van der Waals surface area contributed by atoms with E-state index in [2.05, 4.69) is 20.9 Å². The van der Waals surface area contributed by atoms with Crippen LogP contribution in [0.2, 0.25) is 0 Å². The lowest BCUT2D eigenvalue weighted by molar-refractivity contribution is 0.0691. The van der Waals surface area contributed by atoms with Crippen molar-refractivity contribution in [1.29, 1.82) is 0 Å². The number of H-pyrrole nitrogens is 1. The van der Waals surface area contributed by atoms with Crippen molar-refractivity contribution < 1.29 is 15.0 Å². The molecule has 4 rings (SSSR count). The number of hydrogen-bond donors (Lipinski definition) is 4. The van der Waals surface area contributed by atoms with E-state index in [1.54, 1.807) is 0 Å². The largest absolute Gasteiger partial charge is 0.506 e. The van der Waals surface area contributed by atoms with Crippen LogP contribution in [0.15, 0.2) is 29.1 Å². The van der Waals surface area contributed by atoms with E-state index in [-0.39, 0.29) is 0 Å². The number of aromatic nitrogens is 2. The number of rotatable bonds is 4. The minimum atomic E-state index is -1.44. The Labute approximate surface area is 155 Å². The summed E-state index contributed by atoms with van der Waals surface area (Å²) in [5.74, 6) is -1.90. The van der Waals surface area contributed by atoms with E-state index in [0.717, 1.165) is 29.4 Å². The Morgan fingerprint density at radius 1 is 1.37 bits per heavy atom. The van der Waals surface area contributed by atoms with Gasteiger partial charge in [0, 0.05) is 41.3 Å². The number of nitrogens with zero attached hydrogens (tertiary/aromatic N) is 1. The highest BCUT2D eigenvalue weighted by Gasteiger charge is 2.24. The molecule has 7 nitrogen and oxygen atoms in total. The lowest BCUT2D eigenvalue weighted by Crippen LogP contribution is -2.26. The zero-order valence-electron chi connectivity index (χ0n) is 15.2. The summed E-state index contributed by atoms with van der Waals surface area (Å²) in [6, 6.07) is 8.44. The normalized spacial score (nSPS) is 16.0. The van der Waals surface area contributed by atoms with Gasteiger partial charge in [0.2, 0.25) is 0 Å². The molecule has 1 atom stereocenters. The van der Waals surface area contributed by atoms with Gasteiger partial charge in [0.05, 0.1) is 5.69 Å². The van der Waals surface area contributed by atoms with Crippen LogP contribution in [0.5, 0.6) is 5.75 Å². The number of aromatic amines is 1. The molecule has 1 aliphatic rings. The molecule has 3 aromatic rings. The molecule has 140 valence electrons. The van der Waals surface area contributed by atoms with E-state index in [9.17, 15) is 19.8 Å². The van der Waals surface area contributed by atoms with Crippen molar-refractivity contribution in [3.05, 3.63) is 51.4 Å². The van der Waals surface area contributed by atoms with Crippen molar-refractivity contribution in [2.24, 2.45) is 0 Å². The van der Waals surface area contributed by atoms with Crippen molar-refractivity contribution in [3.8, 4) is 17.0 Å². The van der Waals surface area contributed by atoms with Gasteiger partial charge in [-0.1, -0.05) is 19.1 Å². The number of carbonyl (C=O) groups is 1. The van der Waals surface area contributed by atoms with E-state index in [4.69, 9.17) is 0 Å². The highest BCUT2D eigenvalue weighted by molar-refractivity contribution is 5.92. The molecular weight excluding hydrogens is 346 g/mol.